The van der Waals surface area contributed by atoms with Crippen molar-refractivity contribution in [3.8, 4) is 0 Å². The summed E-state index contributed by atoms with van der Waals surface area (Å²) < 4.78 is 0. The molecule has 0 aromatic carbocycles. The first-order valence-electron chi connectivity index (χ1n) is 5.50. The number of likely N-dealkylation sites (N-methyl/N-ethyl adjacent to an activating group) is 1. The first kappa shape index (κ1) is 12.9. The molecule has 1 saturated heterocycles. The van der Waals surface area contributed by atoms with Crippen LogP contribution in [0.3, 0.4) is 0 Å². The molecule has 1 aliphatic heterocycles. The van der Waals surface area contributed by atoms with Crippen molar-refractivity contribution < 1.29 is 9.59 Å². The number of primary amides is 1. The SMILES string of the molecule is CC(C(N)=O)N(C)CC(=O)N1CCNCC1. The fourth-order valence-corrected chi connectivity index (χ4v) is 1.58. The predicted molar refractivity (Wildman–Crippen MR) is 60.7 cm³/mol. The van der Waals surface area contributed by atoms with Crippen LogP contribution < -0.4 is 11.1 Å². The second kappa shape index (κ2) is 5.81. The molecule has 1 rings (SSSR count). The van der Waals surface area contributed by atoms with Gasteiger partial charge in [0.25, 0.3) is 0 Å². The number of rotatable bonds is 4. The van der Waals surface area contributed by atoms with Crippen LogP contribution in [0.25, 0.3) is 0 Å². The van der Waals surface area contributed by atoms with E-state index in [2.05, 4.69) is 5.32 Å². The predicted octanol–water partition coefficient (Wildman–Crippen LogP) is -1.78. The third-order valence-electron chi connectivity index (χ3n) is 2.93. The highest BCUT2D eigenvalue weighted by Gasteiger charge is 2.21. The Labute approximate surface area is 95.8 Å². The maximum Gasteiger partial charge on any atom is 0.236 e. The molecule has 92 valence electrons. The summed E-state index contributed by atoms with van der Waals surface area (Å²) in [4.78, 5) is 26.3. The number of amides is 2. The smallest absolute Gasteiger partial charge is 0.236 e. The van der Waals surface area contributed by atoms with Crippen molar-refractivity contribution in [2.24, 2.45) is 5.73 Å². The molecule has 0 aromatic heterocycles. The lowest BCUT2D eigenvalue weighted by molar-refractivity contribution is -0.134. The minimum atomic E-state index is -0.410. The van der Waals surface area contributed by atoms with E-state index in [-0.39, 0.29) is 12.5 Å². The van der Waals surface area contributed by atoms with E-state index < -0.39 is 11.9 Å². The zero-order valence-corrected chi connectivity index (χ0v) is 9.90. The van der Waals surface area contributed by atoms with Gasteiger partial charge in [0, 0.05) is 26.2 Å². The highest BCUT2D eigenvalue weighted by Crippen LogP contribution is 1.99. The van der Waals surface area contributed by atoms with Gasteiger partial charge in [-0.15, -0.1) is 0 Å². The number of nitrogens with two attached hydrogens (primary N) is 1. The molecule has 1 aliphatic rings. The minimum Gasteiger partial charge on any atom is -0.368 e. The van der Waals surface area contributed by atoms with Crippen LogP contribution in [0, 0.1) is 0 Å². The van der Waals surface area contributed by atoms with Crippen LogP contribution in [0.4, 0.5) is 0 Å². The lowest BCUT2D eigenvalue weighted by Gasteiger charge is -2.30. The Balaban J connectivity index is 2.40. The summed E-state index contributed by atoms with van der Waals surface area (Å²) in [5.41, 5.74) is 5.18. The molecule has 2 amide bonds. The summed E-state index contributed by atoms with van der Waals surface area (Å²) in [6, 6.07) is -0.410. The lowest BCUT2D eigenvalue weighted by Crippen LogP contribution is -2.51. The van der Waals surface area contributed by atoms with Gasteiger partial charge in [0.05, 0.1) is 12.6 Å². The van der Waals surface area contributed by atoms with Crippen LogP contribution in [0.2, 0.25) is 0 Å². The Kier molecular flexibility index (Phi) is 4.70. The van der Waals surface area contributed by atoms with Crippen LogP contribution in [-0.4, -0.2) is 67.4 Å². The fourth-order valence-electron chi connectivity index (χ4n) is 1.58. The maximum atomic E-state index is 11.8. The average molecular weight is 228 g/mol. The van der Waals surface area contributed by atoms with Gasteiger partial charge in [-0.05, 0) is 14.0 Å². The van der Waals surface area contributed by atoms with Crippen molar-refractivity contribution in [3.63, 3.8) is 0 Å². The molecule has 0 bridgehead atoms. The first-order valence-corrected chi connectivity index (χ1v) is 5.50. The topological polar surface area (TPSA) is 78.7 Å². The van der Waals surface area contributed by atoms with Gasteiger partial charge in [0.1, 0.15) is 0 Å². The van der Waals surface area contributed by atoms with Crippen molar-refractivity contribution in [2.75, 3.05) is 39.8 Å². The largest absolute Gasteiger partial charge is 0.368 e. The maximum absolute atomic E-state index is 11.8. The third-order valence-corrected chi connectivity index (χ3v) is 2.93. The van der Waals surface area contributed by atoms with Crippen molar-refractivity contribution in [2.45, 2.75) is 13.0 Å². The van der Waals surface area contributed by atoms with Crippen LogP contribution in [0.5, 0.6) is 0 Å². The van der Waals surface area contributed by atoms with Crippen LogP contribution in [0.15, 0.2) is 0 Å². The average Bonchev–Trinajstić information content (AvgIpc) is 2.28. The Morgan fingerprint density at radius 3 is 2.50 bits per heavy atom. The molecule has 0 aromatic rings. The van der Waals surface area contributed by atoms with E-state index in [0.717, 1.165) is 26.2 Å². The molecule has 1 heterocycles. The van der Waals surface area contributed by atoms with Gasteiger partial charge in [-0.1, -0.05) is 0 Å². The Morgan fingerprint density at radius 1 is 1.44 bits per heavy atom. The second-order valence-electron chi connectivity index (χ2n) is 4.12. The summed E-state index contributed by atoms with van der Waals surface area (Å²) >= 11 is 0. The number of hydrogen-bond acceptors (Lipinski definition) is 4. The van der Waals surface area contributed by atoms with E-state index in [4.69, 9.17) is 5.73 Å². The molecule has 3 N–H and O–H groups in total. The molecular weight excluding hydrogens is 208 g/mol. The third kappa shape index (κ3) is 3.46. The second-order valence-corrected chi connectivity index (χ2v) is 4.12. The van der Waals surface area contributed by atoms with Gasteiger partial charge in [-0.3, -0.25) is 14.5 Å². The van der Waals surface area contributed by atoms with Crippen LogP contribution in [-0.2, 0) is 9.59 Å². The normalized spacial score (nSPS) is 18.6. The molecule has 1 atom stereocenters. The van der Waals surface area contributed by atoms with Gasteiger partial charge in [0.2, 0.25) is 11.8 Å². The number of piperazine rings is 1. The number of nitrogens with zero attached hydrogens (tertiary/aromatic N) is 2. The molecule has 6 heteroatoms. The van der Waals surface area contributed by atoms with Crippen LogP contribution >= 0.6 is 0 Å². The number of hydrogen-bond donors (Lipinski definition) is 2. The Hall–Kier alpha value is -1.14. The molecular formula is C10H20N4O2. The van der Waals surface area contributed by atoms with E-state index >= 15 is 0 Å². The fraction of sp³-hybridized carbons (Fsp3) is 0.800. The van der Waals surface area contributed by atoms with E-state index in [9.17, 15) is 9.59 Å². The Bertz CT molecular complexity index is 264. The molecule has 0 saturated carbocycles. The van der Waals surface area contributed by atoms with Gasteiger partial charge in [-0.2, -0.15) is 0 Å². The van der Waals surface area contributed by atoms with E-state index in [1.165, 1.54) is 0 Å². The zero-order valence-electron chi connectivity index (χ0n) is 9.90. The Morgan fingerprint density at radius 2 is 2.00 bits per heavy atom. The number of carbonyl (C=O) groups is 2. The molecule has 6 nitrogen and oxygen atoms in total. The van der Waals surface area contributed by atoms with Gasteiger partial charge >= 0.3 is 0 Å². The summed E-state index contributed by atoms with van der Waals surface area (Å²) in [7, 11) is 1.73. The molecule has 0 aliphatic carbocycles. The number of nitrogens with one attached hydrogen (secondary N) is 1. The zero-order chi connectivity index (χ0) is 12.1. The summed E-state index contributed by atoms with van der Waals surface area (Å²) in [6.45, 7) is 5.08. The van der Waals surface area contributed by atoms with Gasteiger partial charge in [-0.25, -0.2) is 0 Å². The van der Waals surface area contributed by atoms with Crippen molar-refractivity contribution in [3.05, 3.63) is 0 Å². The monoisotopic (exact) mass is 228 g/mol. The van der Waals surface area contributed by atoms with Crippen molar-refractivity contribution in [1.29, 1.82) is 0 Å². The lowest BCUT2D eigenvalue weighted by atomic mass is 10.2. The molecule has 0 spiro atoms. The van der Waals surface area contributed by atoms with Crippen molar-refractivity contribution >= 4 is 11.8 Å². The number of carbonyl (C=O) groups excluding carboxylic acids is 2. The van der Waals surface area contributed by atoms with Gasteiger partial charge < -0.3 is 16.0 Å². The first-order chi connectivity index (χ1) is 7.52. The van der Waals surface area contributed by atoms with E-state index in [0.29, 0.717) is 0 Å². The molecule has 1 fully saturated rings. The van der Waals surface area contributed by atoms with E-state index in [1.54, 1.807) is 23.8 Å². The molecule has 1 unspecified atom stereocenters. The molecule has 0 radical (unpaired) electrons. The van der Waals surface area contributed by atoms with Gasteiger partial charge in [0.15, 0.2) is 0 Å². The van der Waals surface area contributed by atoms with Crippen LogP contribution in [0.1, 0.15) is 6.92 Å². The minimum absolute atomic E-state index is 0.0529. The summed E-state index contributed by atoms with van der Waals surface area (Å²) in [6.07, 6.45) is 0. The summed E-state index contributed by atoms with van der Waals surface area (Å²) in [5.74, 6) is -0.354. The summed E-state index contributed by atoms with van der Waals surface area (Å²) in [5, 5.41) is 3.18. The molecule has 16 heavy (non-hydrogen) atoms. The van der Waals surface area contributed by atoms with Crippen molar-refractivity contribution in [1.82, 2.24) is 15.1 Å². The quantitative estimate of drug-likeness (QED) is 0.596. The highest BCUT2D eigenvalue weighted by molar-refractivity contribution is 5.82. The standard InChI is InChI=1S/C10H20N4O2/c1-8(10(11)16)13(2)7-9(15)14-5-3-12-4-6-14/h8,12H,3-7H2,1-2H3,(H2,11,16). The highest BCUT2D eigenvalue weighted by atomic mass is 16.2. The van der Waals surface area contributed by atoms with E-state index in [1.807, 2.05) is 0 Å².